The lowest BCUT2D eigenvalue weighted by atomic mass is 10.3. The van der Waals surface area contributed by atoms with Gasteiger partial charge in [-0.25, -0.2) is 9.97 Å². The highest BCUT2D eigenvalue weighted by atomic mass is 14.9. The molecule has 0 N–H and O–H groups in total. The molecule has 0 aliphatic rings. The normalized spacial score (nSPS) is 9.58. The molecule has 56 valence electrons. The molecule has 12 heavy (non-hydrogen) atoms. The molecule has 0 aliphatic heterocycles. The third kappa shape index (κ3) is 0.883. The molecule has 2 heterocycles. The first-order valence-corrected chi connectivity index (χ1v) is 3.37. The lowest BCUT2D eigenvalue weighted by Gasteiger charge is -1.94. The van der Waals surface area contributed by atoms with Crippen molar-refractivity contribution in [2.24, 2.45) is 0 Å². The van der Waals surface area contributed by atoms with E-state index in [1.165, 1.54) is 6.33 Å². The third-order valence-corrected chi connectivity index (χ3v) is 1.50. The molecule has 2 aromatic rings. The third-order valence-electron chi connectivity index (χ3n) is 1.50. The summed E-state index contributed by atoms with van der Waals surface area (Å²) in [5.41, 5.74) is 1.58. The van der Waals surface area contributed by atoms with Crippen molar-refractivity contribution < 1.29 is 0 Å². The van der Waals surface area contributed by atoms with Crippen molar-refractivity contribution in [3.8, 4) is 6.07 Å². The highest BCUT2D eigenvalue weighted by Gasteiger charge is 2.01. The summed E-state index contributed by atoms with van der Waals surface area (Å²) in [6.07, 6.45) is 2.98. The van der Waals surface area contributed by atoms with Crippen molar-refractivity contribution in [3.63, 3.8) is 0 Å². The van der Waals surface area contributed by atoms with Gasteiger partial charge in [0.1, 0.15) is 17.9 Å². The van der Waals surface area contributed by atoms with Gasteiger partial charge in [0.2, 0.25) is 0 Å². The number of aromatic nitrogens is 3. The molecule has 4 nitrogen and oxygen atoms in total. The fraction of sp³-hybridized carbons (Fsp3) is 0. The summed E-state index contributed by atoms with van der Waals surface area (Å²) in [7, 11) is 0. The maximum Gasteiger partial charge on any atom is 0.170 e. The summed E-state index contributed by atoms with van der Waals surface area (Å²) in [6, 6.07) is 5.53. The van der Waals surface area contributed by atoms with Gasteiger partial charge in [-0.05, 0) is 12.1 Å². The first kappa shape index (κ1) is 6.68. The Balaban J connectivity index is 2.91. The largest absolute Gasteiger partial charge is 0.252 e. The molecular formula is C8H4N4. The summed E-state index contributed by atoms with van der Waals surface area (Å²) in [5.74, 6) is 0. The Morgan fingerprint density at radius 3 is 3.00 bits per heavy atom. The summed E-state index contributed by atoms with van der Waals surface area (Å²) >= 11 is 0. The minimum Gasteiger partial charge on any atom is -0.252 e. The fourth-order valence-electron chi connectivity index (χ4n) is 0.975. The highest BCUT2D eigenvalue weighted by molar-refractivity contribution is 5.77. The van der Waals surface area contributed by atoms with Crippen LogP contribution < -0.4 is 0 Å². The quantitative estimate of drug-likeness (QED) is 0.568. The number of nitriles is 1. The van der Waals surface area contributed by atoms with Crippen LogP contribution >= 0.6 is 0 Å². The fourth-order valence-corrected chi connectivity index (χ4v) is 0.975. The van der Waals surface area contributed by atoms with Gasteiger partial charge in [0.05, 0.1) is 5.52 Å². The molecule has 0 fully saturated rings. The second-order valence-corrected chi connectivity index (χ2v) is 2.21. The van der Waals surface area contributed by atoms with E-state index in [1.54, 1.807) is 18.3 Å². The van der Waals surface area contributed by atoms with Crippen molar-refractivity contribution in [2.45, 2.75) is 0 Å². The molecule has 0 saturated carbocycles. The van der Waals surface area contributed by atoms with Gasteiger partial charge in [-0.3, -0.25) is 4.98 Å². The minimum absolute atomic E-state index is 0.320. The van der Waals surface area contributed by atoms with E-state index in [0.717, 1.165) is 0 Å². The van der Waals surface area contributed by atoms with Crippen LogP contribution in [-0.2, 0) is 0 Å². The molecule has 0 atom stereocenters. The Morgan fingerprint density at radius 1 is 1.25 bits per heavy atom. The van der Waals surface area contributed by atoms with E-state index in [9.17, 15) is 0 Å². The van der Waals surface area contributed by atoms with Crippen LogP contribution in [0.25, 0.3) is 11.0 Å². The van der Waals surface area contributed by atoms with Crippen molar-refractivity contribution in [3.05, 3.63) is 30.4 Å². The number of rotatable bonds is 0. The van der Waals surface area contributed by atoms with Crippen LogP contribution in [0.5, 0.6) is 0 Å². The van der Waals surface area contributed by atoms with Gasteiger partial charge < -0.3 is 0 Å². The maximum absolute atomic E-state index is 8.66. The van der Waals surface area contributed by atoms with Crippen molar-refractivity contribution in [1.29, 1.82) is 5.26 Å². The Morgan fingerprint density at radius 2 is 2.17 bits per heavy atom. The van der Waals surface area contributed by atoms with Crippen molar-refractivity contribution in [1.82, 2.24) is 15.0 Å². The number of hydrogen-bond donors (Lipinski definition) is 0. The molecule has 2 rings (SSSR count). The number of fused-ring (bicyclic) bond motifs is 1. The van der Waals surface area contributed by atoms with Gasteiger partial charge in [0.25, 0.3) is 0 Å². The molecule has 0 aliphatic carbocycles. The summed E-state index contributed by atoms with van der Waals surface area (Å²) in [5, 5.41) is 8.66. The van der Waals surface area contributed by atoms with Gasteiger partial charge in [-0.1, -0.05) is 0 Å². The second kappa shape index (κ2) is 2.55. The summed E-state index contributed by atoms with van der Waals surface area (Å²) < 4.78 is 0. The van der Waals surface area contributed by atoms with Crippen molar-refractivity contribution >= 4 is 11.0 Å². The standard InChI is InChI=1S/C8H4N4/c9-4-7-8-6(11-5-12-7)2-1-3-10-8/h1-3,5H. The Labute approximate surface area is 68.5 Å². The maximum atomic E-state index is 8.66. The van der Waals surface area contributed by atoms with E-state index in [0.29, 0.717) is 16.7 Å². The predicted molar refractivity (Wildman–Crippen MR) is 42.0 cm³/mol. The molecule has 0 unspecified atom stereocenters. The number of nitrogens with zero attached hydrogens (tertiary/aromatic N) is 4. The molecule has 0 saturated heterocycles. The zero-order chi connectivity index (χ0) is 8.39. The lowest BCUT2D eigenvalue weighted by Crippen LogP contribution is -1.89. The smallest absolute Gasteiger partial charge is 0.170 e. The monoisotopic (exact) mass is 156 g/mol. The van der Waals surface area contributed by atoms with E-state index in [2.05, 4.69) is 15.0 Å². The van der Waals surface area contributed by atoms with Crippen LogP contribution in [0.3, 0.4) is 0 Å². The summed E-state index contributed by atoms with van der Waals surface area (Å²) in [4.78, 5) is 11.8. The molecule has 2 aromatic heterocycles. The second-order valence-electron chi connectivity index (χ2n) is 2.21. The van der Waals surface area contributed by atoms with Crippen LogP contribution in [0.2, 0.25) is 0 Å². The van der Waals surface area contributed by atoms with Crippen molar-refractivity contribution in [2.75, 3.05) is 0 Å². The highest BCUT2D eigenvalue weighted by Crippen LogP contribution is 2.08. The van der Waals surface area contributed by atoms with Crippen LogP contribution in [0.15, 0.2) is 24.7 Å². The first-order valence-electron chi connectivity index (χ1n) is 3.37. The molecule has 0 spiro atoms. The Hall–Kier alpha value is -2.02. The van der Waals surface area contributed by atoms with Gasteiger partial charge >= 0.3 is 0 Å². The minimum atomic E-state index is 0.320. The SMILES string of the molecule is N#Cc1ncnc2cccnc12. The van der Waals surface area contributed by atoms with Gasteiger partial charge in [0, 0.05) is 6.20 Å². The summed E-state index contributed by atoms with van der Waals surface area (Å²) in [6.45, 7) is 0. The van der Waals surface area contributed by atoms with Crippen LogP contribution in [0.4, 0.5) is 0 Å². The zero-order valence-electron chi connectivity index (χ0n) is 6.10. The number of hydrogen-bond acceptors (Lipinski definition) is 4. The van der Waals surface area contributed by atoms with Crippen LogP contribution in [0, 0.1) is 11.3 Å². The predicted octanol–water partition coefficient (Wildman–Crippen LogP) is 0.896. The van der Waals surface area contributed by atoms with E-state index in [-0.39, 0.29) is 0 Å². The average molecular weight is 156 g/mol. The van der Waals surface area contributed by atoms with Crippen LogP contribution in [0.1, 0.15) is 5.69 Å². The van der Waals surface area contributed by atoms with Gasteiger partial charge in [-0.2, -0.15) is 5.26 Å². The molecule has 0 amide bonds. The Kier molecular flexibility index (Phi) is 1.42. The molecule has 4 heteroatoms. The van der Waals surface area contributed by atoms with E-state index < -0.39 is 0 Å². The molecular weight excluding hydrogens is 152 g/mol. The number of pyridine rings is 1. The molecule has 0 bridgehead atoms. The van der Waals surface area contributed by atoms with Crippen LogP contribution in [-0.4, -0.2) is 15.0 Å². The van der Waals surface area contributed by atoms with E-state index in [4.69, 9.17) is 5.26 Å². The van der Waals surface area contributed by atoms with Gasteiger partial charge in [-0.15, -0.1) is 0 Å². The Bertz CT molecular complexity index is 453. The molecule has 0 radical (unpaired) electrons. The van der Waals surface area contributed by atoms with Gasteiger partial charge in [0.15, 0.2) is 5.69 Å². The lowest BCUT2D eigenvalue weighted by molar-refractivity contribution is 1.17. The molecule has 0 aromatic carbocycles. The zero-order valence-corrected chi connectivity index (χ0v) is 6.10. The van der Waals surface area contributed by atoms with E-state index in [1.807, 2.05) is 6.07 Å². The van der Waals surface area contributed by atoms with E-state index >= 15 is 0 Å². The first-order chi connectivity index (χ1) is 5.92. The average Bonchev–Trinajstić information content (AvgIpc) is 2.17. The topological polar surface area (TPSA) is 62.5 Å².